The Morgan fingerprint density at radius 2 is 1.09 bits per heavy atom. The van der Waals surface area contributed by atoms with Crippen molar-refractivity contribution in [1.29, 1.82) is 0 Å². The number of nitrogens with zero attached hydrogens (tertiary/aromatic N) is 2. The summed E-state index contributed by atoms with van der Waals surface area (Å²) >= 11 is 0. The minimum Gasteiger partial charge on any atom is -0.336 e. The van der Waals surface area contributed by atoms with Gasteiger partial charge in [0, 0.05) is 44.4 Å². The van der Waals surface area contributed by atoms with Crippen LogP contribution in [0.15, 0.2) is 103 Å². The number of rotatable bonds is 2. The Morgan fingerprint density at radius 1 is 0.500 bits per heavy atom. The maximum Gasteiger partial charge on any atom is 0.0620 e. The van der Waals surface area contributed by atoms with Crippen LogP contribution in [0.5, 0.6) is 0 Å². The molecule has 3 aromatic heterocycles. The third-order valence-electron chi connectivity index (χ3n) is 7.62. The van der Waals surface area contributed by atoms with Gasteiger partial charge in [-0.2, -0.15) is 0 Å². The van der Waals surface area contributed by atoms with E-state index in [0.717, 1.165) is 6.54 Å². The van der Waals surface area contributed by atoms with Gasteiger partial charge in [0.25, 0.3) is 0 Å². The van der Waals surface area contributed by atoms with Crippen molar-refractivity contribution in [3.05, 3.63) is 114 Å². The van der Waals surface area contributed by atoms with Crippen molar-refractivity contribution in [3.63, 3.8) is 0 Å². The van der Waals surface area contributed by atoms with E-state index in [0.29, 0.717) is 0 Å². The van der Waals surface area contributed by atoms with Crippen LogP contribution in [0.1, 0.15) is 11.1 Å². The van der Waals surface area contributed by atoms with E-state index >= 15 is 0 Å². The highest BCUT2D eigenvalue weighted by atomic mass is 15.0. The van der Waals surface area contributed by atoms with Crippen molar-refractivity contribution >= 4 is 59.9 Å². The average Bonchev–Trinajstić information content (AvgIpc) is 3.50. The van der Waals surface area contributed by atoms with Crippen LogP contribution < -0.4 is 0 Å². The highest BCUT2D eigenvalue weighted by Crippen LogP contribution is 2.39. The van der Waals surface area contributed by atoms with Crippen LogP contribution in [0, 0.1) is 6.92 Å². The van der Waals surface area contributed by atoms with Crippen molar-refractivity contribution in [2.75, 3.05) is 0 Å². The molecule has 0 spiro atoms. The van der Waals surface area contributed by atoms with Crippen LogP contribution >= 0.6 is 0 Å². The van der Waals surface area contributed by atoms with E-state index in [1.807, 2.05) is 0 Å². The van der Waals surface area contributed by atoms with Crippen LogP contribution in [0.2, 0.25) is 0 Å². The summed E-state index contributed by atoms with van der Waals surface area (Å²) in [5, 5.41) is 8.00. The van der Waals surface area contributed by atoms with Gasteiger partial charge in [-0.25, -0.2) is 0 Å². The van der Waals surface area contributed by atoms with Gasteiger partial charge in [-0.3, -0.25) is 0 Å². The number of para-hydroxylation sites is 4. The van der Waals surface area contributed by atoms with E-state index in [2.05, 4.69) is 119 Å². The molecule has 0 amide bonds. The standard InChI is InChI=1S/C32H22N2/c1-20-8-6-11-24-22-9-2-4-14-28(22)33(31(20)24)19-21-16-17-30-27(18-21)26-13-7-12-25-23-10-3-5-15-29(23)34(30)32(25)26/h2-18H,19H2,1H3. The summed E-state index contributed by atoms with van der Waals surface area (Å²) in [5.74, 6) is 0. The molecule has 0 aliphatic rings. The maximum atomic E-state index is 2.49. The summed E-state index contributed by atoms with van der Waals surface area (Å²) in [6.45, 7) is 3.08. The van der Waals surface area contributed by atoms with Crippen molar-refractivity contribution < 1.29 is 0 Å². The minimum absolute atomic E-state index is 0.855. The molecule has 0 atom stereocenters. The molecule has 8 rings (SSSR count). The predicted octanol–water partition coefficient (Wildman–Crippen LogP) is 8.30. The molecular weight excluding hydrogens is 412 g/mol. The van der Waals surface area contributed by atoms with Gasteiger partial charge in [-0.05, 0) is 42.3 Å². The lowest BCUT2D eigenvalue weighted by Crippen LogP contribution is -2.00. The molecule has 0 fully saturated rings. The van der Waals surface area contributed by atoms with Gasteiger partial charge < -0.3 is 8.97 Å². The highest BCUT2D eigenvalue weighted by molar-refractivity contribution is 6.23. The van der Waals surface area contributed by atoms with E-state index < -0.39 is 0 Å². The number of fused-ring (bicyclic) bond motifs is 9. The summed E-state index contributed by atoms with van der Waals surface area (Å²) in [7, 11) is 0. The highest BCUT2D eigenvalue weighted by Gasteiger charge is 2.18. The first-order valence-electron chi connectivity index (χ1n) is 11.9. The third-order valence-corrected chi connectivity index (χ3v) is 7.62. The van der Waals surface area contributed by atoms with E-state index in [9.17, 15) is 0 Å². The summed E-state index contributed by atoms with van der Waals surface area (Å²) in [6.07, 6.45) is 0. The van der Waals surface area contributed by atoms with Crippen LogP contribution in [-0.4, -0.2) is 8.97 Å². The van der Waals surface area contributed by atoms with Crippen LogP contribution in [0.4, 0.5) is 0 Å². The molecule has 0 aliphatic carbocycles. The second-order valence-corrected chi connectivity index (χ2v) is 9.48. The molecule has 2 nitrogen and oxygen atoms in total. The van der Waals surface area contributed by atoms with Gasteiger partial charge >= 0.3 is 0 Å². The molecule has 160 valence electrons. The quantitative estimate of drug-likeness (QED) is 0.259. The topological polar surface area (TPSA) is 9.34 Å². The fourth-order valence-electron chi connectivity index (χ4n) is 6.22. The largest absolute Gasteiger partial charge is 0.336 e. The molecule has 3 heterocycles. The predicted molar refractivity (Wildman–Crippen MR) is 144 cm³/mol. The first kappa shape index (κ1) is 18.2. The molecule has 0 N–H and O–H groups in total. The van der Waals surface area contributed by atoms with Gasteiger partial charge in [0.05, 0.1) is 22.1 Å². The van der Waals surface area contributed by atoms with Crippen molar-refractivity contribution in [1.82, 2.24) is 8.97 Å². The Balaban J connectivity index is 1.40. The molecule has 0 unspecified atom stereocenters. The average molecular weight is 435 g/mol. The normalized spacial score (nSPS) is 12.4. The second-order valence-electron chi connectivity index (χ2n) is 9.48. The van der Waals surface area contributed by atoms with Crippen molar-refractivity contribution in [2.45, 2.75) is 13.5 Å². The van der Waals surface area contributed by atoms with E-state index in [1.54, 1.807) is 0 Å². The molecule has 0 saturated carbocycles. The zero-order valence-electron chi connectivity index (χ0n) is 18.9. The second kappa shape index (κ2) is 6.39. The SMILES string of the molecule is Cc1cccc2c3ccccc3n(Cc3ccc4c(c3)c3cccc5c6ccccc6n4c53)c12. The molecule has 0 saturated heterocycles. The number of hydrogen-bond acceptors (Lipinski definition) is 0. The number of hydrogen-bond donors (Lipinski definition) is 0. The van der Waals surface area contributed by atoms with Gasteiger partial charge in [0.1, 0.15) is 0 Å². The van der Waals surface area contributed by atoms with Gasteiger partial charge in [-0.15, -0.1) is 0 Å². The monoisotopic (exact) mass is 434 g/mol. The Morgan fingerprint density at radius 3 is 1.91 bits per heavy atom. The van der Waals surface area contributed by atoms with Gasteiger partial charge in [0.15, 0.2) is 0 Å². The lowest BCUT2D eigenvalue weighted by molar-refractivity contribution is 0.867. The zero-order valence-corrected chi connectivity index (χ0v) is 18.9. The smallest absolute Gasteiger partial charge is 0.0620 e. The molecule has 2 heteroatoms. The van der Waals surface area contributed by atoms with Crippen molar-refractivity contribution in [3.8, 4) is 0 Å². The lowest BCUT2D eigenvalue weighted by Gasteiger charge is -2.10. The molecule has 34 heavy (non-hydrogen) atoms. The van der Waals surface area contributed by atoms with E-state index in [1.165, 1.54) is 71.0 Å². The van der Waals surface area contributed by atoms with Crippen molar-refractivity contribution in [2.24, 2.45) is 0 Å². The molecular formula is C32H22N2. The molecule has 0 bridgehead atoms. The minimum atomic E-state index is 0.855. The third kappa shape index (κ3) is 2.20. The Hall–Kier alpha value is -4.30. The van der Waals surface area contributed by atoms with Crippen LogP contribution in [0.3, 0.4) is 0 Å². The molecule has 5 aromatic carbocycles. The number of aryl methyl sites for hydroxylation is 1. The van der Waals surface area contributed by atoms with E-state index in [4.69, 9.17) is 0 Å². The fraction of sp³-hybridized carbons (Fsp3) is 0.0625. The Labute approximate surface area is 196 Å². The molecule has 0 radical (unpaired) electrons. The number of aromatic nitrogens is 2. The maximum absolute atomic E-state index is 2.49. The Bertz CT molecular complexity index is 2050. The number of benzene rings is 5. The first-order valence-corrected chi connectivity index (χ1v) is 11.9. The van der Waals surface area contributed by atoms with Crippen LogP contribution in [-0.2, 0) is 6.54 Å². The lowest BCUT2D eigenvalue weighted by atomic mass is 10.1. The van der Waals surface area contributed by atoms with Gasteiger partial charge in [-0.1, -0.05) is 78.9 Å². The fourth-order valence-corrected chi connectivity index (χ4v) is 6.22. The van der Waals surface area contributed by atoms with Crippen LogP contribution in [0.25, 0.3) is 59.9 Å². The summed E-state index contributed by atoms with van der Waals surface area (Å²) in [6, 6.07) is 38.0. The zero-order chi connectivity index (χ0) is 22.4. The van der Waals surface area contributed by atoms with E-state index in [-0.39, 0.29) is 0 Å². The summed E-state index contributed by atoms with van der Waals surface area (Å²) < 4.78 is 4.94. The summed E-state index contributed by atoms with van der Waals surface area (Å²) in [4.78, 5) is 0. The molecule has 0 aliphatic heterocycles. The Kier molecular flexibility index (Phi) is 3.41. The first-order chi connectivity index (χ1) is 16.8. The molecule has 8 aromatic rings. The van der Waals surface area contributed by atoms with Gasteiger partial charge in [0.2, 0.25) is 0 Å². The summed E-state index contributed by atoms with van der Waals surface area (Å²) in [5.41, 5.74) is 9.20.